The first-order valence-electron chi connectivity index (χ1n) is 9.73. The van der Waals surface area contributed by atoms with Crippen LogP contribution in [0.4, 0.5) is 13.2 Å². The van der Waals surface area contributed by atoms with Gasteiger partial charge in [0, 0.05) is 24.2 Å². The van der Waals surface area contributed by atoms with Crippen LogP contribution in [0.5, 0.6) is 0 Å². The van der Waals surface area contributed by atoms with Crippen LogP contribution >= 0.6 is 0 Å². The molecule has 0 unspecified atom stereocenters. The minimum atomic E-state index is -4.43. The van der Waals surface area contributed by atoms with Crippen molar-refractivity contribution >= 4 is 16.9 Å². The van der Waals surface area contributed by atoms with Gasteiger partial charge in [0.15, 0.2) is 11.4 Å². The predicted molar refractivity (Wildman–Crippen MR) is 105 cm³/mol. The standard InChI is InChI=1S/C21H21F3N4O2/c22-21(23,24)15-4-1-3-13(7-15)14-8-18-20(26-10-14)27-12-28(18)11-16(29)9-17-19(30)5-2-6-25-17/h1,3-4,7-8,10,12,17,19,25,30H,2,5-6,9,11H2/t17-,19+/m1/s1. The number of nitrogens with zero attached hydrogens (tertiary/aromatic N) is 3. The van der Waals surface area contributed by atoms with E-state index in [-0.39, 0.29) is 24.8 Å². The van der Waals surface area contributed by atoms with Gasteiger partial charge < -0.3 is 15.0 Å². The average molecular weight is 418 g/mol. The largest absolute Gasteiger partial charge is 0.416 e. The van der Waals surface area contributed by atoms with Crippen LogP contribution in [0.15, 0.2) is 42.9 Å². The van der Waals surface area contributed by atoms with E-state index < -0.39 is 17.8 Å². The van der Waals surface area contributed by atoms with Gasteiger partial charge in [-0.3, -0.25) is 4.79 Å². The number of pyridine rings is 1. The van der Waals surface area contributed by atoms with E-state index in [0.717, 1.165) is 25.1 Å². The monoisotopic (exact) mass is 418 g/mol. The van der Waals surface area contributed by atoms with Crippen LogP contribution in [-0.4, -0.2) is 44.1 Å². The van der Waals surface area contributed by atoms with Crippen LogP contribution in [0, 0.1) is 0 Å². The molecule has 4 rings (SSSR count). The zero-order valence-electron chi connectivity index (χ0n) is 16.1. The summed E-state index contributed by atoms with van der Waals surface area (Å²) < 4.78 is 40.7. The van der Waals surface area contributed by atoms with Gasteiger partial charge >= 0.3 is 6.18 Å². The molecule has 2 aromatic heterocycles. The number of benzene rings is 1. The molecule has 1 aromatic carbocycles. The number of ketones is 1. The summed E-state index contributed by atoms with van der Waals surface area (Å²) in [6, 6.07) is 6.45. The molecule has 3 aromatic rings. The summed E-state index contributed by atoms with van der Waals surface area (Å²) >= 11 is 0. The molecule has 2 atom stereocenters. The summed E-state index contributed by atoms with van der Waals surface area (Å²) in [5.74, 6) is -0.0720. The van der Waals surface area contributed by atoms with E-state index in [4.69, 9.17) is 0 Å². The Labute approximate surface area is 170 Å². The minimum absolute atomic E-state index is 0.0507. The fraction of sp³-hybridized carbons (Fsp3) is 0.381. The number of piperidine rings is 1. The zero-order chi connectivity index (χ0) is 21.3. The number of alkyl halides is 3. The van der Waals surface area contributed by atoms with E-state index in [2.05, 4.69) is 15.3 Å². The molecule has 1 saturated heterocycles. The maximum Gasteiger partial charge on any atom is 0.416 e. The number of hydrogen-bond acceptors (Lipinski definition) is 5. The van der Waals surface area contributed by atoms with Crippen molar-refractivity contribution in [3.8, 4) is 11.1 Å². The number of halogens is 3. The van der Waals surface area contributed by atoms with Crippen molar-refractivity contribution in [2.24, 2.45) is 0 Å². The van der Waals surface area contributed by atoms with Crippen LogP contribution < -0.4 is 5.32 Å². The van der Waals surface area contributed by atoms with Crippen molar-refractivity contribution in [1.29, 1.82) is 0 Å². The molecule has 0 radical (unpaired) electrons. The molecule has 0 spiro atoms. The number of fused-ring (bicyclic) bond motifs is 1. The fourth-order valence-electron chi connectivity index (χ4n) is 3.75. The molecule has 9 heteroatoms. The number of carbonyl (C=O) groups is 1. The molecule has 6 nitrogen and oxygen atoms in total. The lowest BCUT2D eigenvalue weighted by atomic mass is 9.97. The van der Waals surface area contributed by atoms with Gasteiger partial charge in [0.25, 0.3) is 0 Å². The number of nitrogens with one attached hydrogen (secondary N) is 1. The third-order valence-electron chi connectivity index (χ3n) is 5.34. The van der Waals surface area contributed by atoms with Gasteiger partial charge in [0.1, 0.15) is 0 Å². The van der Waals surface area contributed by atoms with Gasteiger partial charge in [0.05, 0.1) is 30.1 Å². The average Bonchev–Trinajstić information content (AvgIpc) is 3.11. The molecule has 1 fully saturated rings. The van der Waals surface area contributed by atoms with Crippen LogP contribution in [-0.2, 0) is 17.5 Å². The highest BCUT2D eigenvalue weighted by Crippen LogP contribution is 2.32. The third kappa shape index (κ3) is 4.36. The second-order valence-corrected chi connectivity index (χ2v) is 7.53. The molecule has 158 valence electrons. The Morgan fingerprint density at radius 2 is 2.07 bits per heavy atom. The van der Waals surface area contributed by atoms with E-state index >= 15 is 0 Å². The summed E-state index contributed by atoms with van der Waals surface area (Å²) in [6.07, 6.45) is -0.265. The molecule has 0 amide bonds. The maximum absolute atomic E-state index is 13.0. The first-order chi connectivity index (χ1) is 14.3. The number of aliphatic hydroxyl groups excluding tert-OH is 1. The van der Waals surface area contributed by atoms with Gasteiger partial charge in [-0.05, 0) is 43.1 Å². The lowest BCUT2D eigenvalue weighted by Gasteiger charge is -2.28. The molecular weight excluding hydrogens is 397 g/mol. The number of imidazole rings is 1. The molecule has 0 bridgehead atoms. The highest BCUT2D eigenvalue weighted by molar-refractivity contribution is 5.83. The summed E-state index contributed by atoms with van der Waals surface area (Å²) in [5.41, 5.74) is 1.13. The summed E-state index contributed by atoms with van der Waals surface area (Å²) in [6.45, 7) is 0.822. The van der Waals surface area contributed by atoms with Crippen molar-refractivity contribution in [2.45, 2.75) is 44.1 Å². The van der Waals surface area contributed by atoms with Crippen molar-refractivity contribution in [3.63, 3.8) is 0 Å². The van der Waals surface area contributed by atoms with Crippen LogP contribution in [0.1, 0.15) is 24.8 Å². The zero-order valence-corrected chi connectivity index (χ0v) is 16.1. The first-order valence-corrected chi connectivity index (χ1v) is 9.73. The van der Waals surface area contributed by atoms with Gasteiger partial charge in [0.2, 0.25) is 0 Å². The number of rotatable bonds is 5. The highest BCUT2D eigenvalue weighted by atomic mass is 19.4. The molecule has 0 saturated carbocycles. The summed E-state index contributed by atoms with van der Waals surface area (Å²) in [5, 5.41) is 13.2. The van der Waals surface area contributed by atoms with Gasteiger partial charge in [-0.1, -0.05) is 12.1 Å². The van der Waals surface area contributed by atoms with E-state index in [1.165, 1.54) is 18.6 Å². The molecule has 3 heterocycles. The maximum atomic E-state index is 13.0. The normalized spacial score (nSPS) is 19.9. The first kappa shape index (κ1) is 20.5. The highest BCUT2D eigenvalue weighted by Gasteiger charge is 2.30. The number of aliphatic hydroxyl groups is 1. The molecule has 2 N–H and O–H groups in total. The molecule has 1 aliphatic rings. The van der Waals surface area contributed by atoms with E-state index in [1.54, 1.807) is 16.7 Å². The van der Waals surface area contributed by atoms with Crippen molar-refractivity contribution in [3.05, 3.63) is 48.4 Å². The Morgan fingerprint density at radius 3 is 2.83 bits per heavy atom. The lowest BCUT2D eigenvalue weighted by Crippen LogP contribution is -2.46. The van der Waals surface area contributed by atoms with Crippen molar-refractivity contribution in [1.82, 2.24) is 19.9 Å². The van der Waals surface area contributed by atoms with E-state index in [9.17, 15) is 23.1 Å². The summed E-state index contributed by atoms with van der Waals surface area (Å²) in [4.78, 5) is 20.9. The summed E-state index contributed by atoms with van der Waals surface area (Å²) in [7, 11) is 0. The van der Waals surface area contributed by atoms with Gasteiger partial charge in [-0.2, -0.15) is 13.2 Å². The third-order valence-corrected chi connectivity index (χ3v) is 5.34. The van der Waals surface area contributed by atoms with Crippen LogP contribution in [0.3, 0.4) is 0 Å². The number of carbonyl (C=O) groups excluding carboxylic acids is 1. The van der Waals surface area contributed by atoms with Crippen molar-refractivity contribution < 1.29 is 23.1 Å². The second kappa shape index (κ2) is 8.16. The Balaban J connectivity index is 1.57. The fourth-order valence-corrected chi connectivity index (χ4v) is 3.75. The molecule has 30 heavy (non-hydrogen) atoms. The minimum Gasteiger partial charge on any atom is -0.391 e. The number of Topliss-reactive ketones (excluding diaryl/α,β-unsaturated/α-hetero) is 1. The topological polar surface area (TPSA) is 80.0 Å². The molecule has 0 aliphatic carbocycles. The van der Waals surface area contributed by atoms with Crippen molar-refractivity contribution in [2.75, 3.05) is 6.54 Å². The van der Waals surface area contributed by atoms with Gasteiger partial charge in [-0.15, -0.1) is 0 Å². The predicted octanol–water partition coefficient (Wildman–Crippen LogP) is 3.19. The lowest BCUT2D eigenvalue weighted by molar-refractivity contribution is -0.137. The SMILES string of the molecule is O=C(C[C@H]1NCCC[C@@H]1O)Cn1cnc2ncc(-c3cccc(C(F)(F)F)c3)cc21. The van der Waals surface area contributed by atoms with E-state index in [0.29, 0.717) is 28.7 Å². The quantitative estimate of drug-likeness (QED) is 0.665. The Hall–Kier alpha value is -2.78. The van der Waals surface area contributed by atoms with Gasteiger partial charge in [-0.25, -0.2) is 9.97 Å². The molecule has 1 aliphatic heterocycles. The van der Waals surface area contributed by atoms with Crippen LogP contribution in [0.25, 0.3) is 22.3 Å². The smallest absolute Gasteiger partial charge is 0.391 e. The van der Waals surface area contributed by atoms with E-state index in [1.807, 2.05) is 0 Å². The molecular formula is C21H21F3N4O2. The Bertz CT molecular complexity index is 1060. The second-order valence-electron chi connectivity index (χ2n) is 7.53. The Kier molecular flexibility index (Phi) is 5.57. The number of aromatic nitrogens is 3. The number of hydrogen-bond donors (Lipinski definition) is 2. The Morgan fingerprint density at radius 1 is 1.23 bits per heavy atom. The van der Waals surface area contributed by atoms with Crippen LogP contribution in [0.2, 0.25) is 0 Å².